The summed E-state index contributed by atoms with van der Waals surface area (Å²) in [6.45, 7) is 1.72. The first-order valence-electron chi connectivity index (χ1n) is 6.15. The molecule has 0 aromatic carbocycles. The first-order chi connectivity index (χ1) is 9.24. The van der Waals surface area contributed by atoms with Gasteiger partial charge in [0.1, 0.15) is 5.69 Å². The van der Waals surface area contributed by atoms with Gasteiger partial charge >= 0.3 is 5.97 Å². The van der Waals surface area contributed by atoms with Crippen LogP contribution in [-0.4, -0.2) is 34.1 Å². The Kier molecular flexibility index (Phi) is 2.91. The molecule has 3 rings (SSSR count). The lowest BCUT2D eigenvalue weighted by molar-refractivity contribution is 0.0690. The Bertz CT molecular complexity index is 589. The Balaban J connectivity index is 2.06. The zero-order valence-electron chi connectivity index (χ0n) is 10.2. The molecule has 0 bridgehead atoms. The number of aromatic nitrogens is 2. The fourth-order valence-corrected chi connectivity index (χ4v) is 2.15. The average molecular weight is 259 g/mol. The minimum Gasteiger partial charge on any atom is -0.477 e. The molecule has 1 aliphatic heterocycles. The van der Waals surface area contributed by atoms with Crippen LogP contribution >= 0.6 is 0 Å². The summed E-state index contributed by atoms with van der Waals surface area (Å²) in [5.41, 5.74) is 0.489. The summed E-state index contributed by atoms with van der Waals surface area (Å²) in [5, 5.41) is 9.13. The molecule has 98 valence electrons. The van der Waals surface area contributed by atoms with Crippen molar-refractivity contribution in [1.82, 2.24) is 9.97 Å². The van der Waals surface area contributed by atoms with Gasteiger partial charge in [0.25, 0.3) is 0 Å². The number of carboxylic acids is 1. The van der Waals surface area contributed by atoms with E-state index in [0.717, 1.165) is 25.9 Å². The normalized spacial score (nSPS) is 14.8. The number of furan rings is 1. The summed E-state index contributed by atoms with van der Waals surface area (Å²) in [5.74, 6) is -0.0511. The molecule has 0 radical (unpaired) electrons. The van der Waals surface area contributed by atoms with E-state index in [1.165, 1.54) is 12.3 Å². The van der Waals surface area contributed by atoms with Crippen molar-refractivity contribution in [2.24, 2.45) is 0 Å². The van der Waals surface area contributed by atoms with Gasteiger partial charge in [-0.25, -0.2) is 14.8 Å². The van der Waals surface area contributed by atoms with Crippen LogP contribution in [0.3, 0.4) is 0 Å². The highest BCUT2D eigenvalue weighted by atomic mass is 16.4. The van der Waals surface area contributed by atoms with Gasteiger partial charge in [0.05, 0.1) is 6.26 Å². The molecule has 6 heteroatoms. The molecular weight excluding hydrogens is 246 g/mol. The van der Waals surface area contributed by atoms with Crippen molar-refractivity contribution in [2.45, 2.75) is 12.8 Å². The number of carboxylic acid groups (broad SMARTS) is 1. The first kappa shape index (κ1) is 11.7. The second kappa shape index (κ2) is 4.72. The highest BCUT2D eigenvalue weighted by molar-refractivity contribution is 5.87. The van der Waals surface area contributed by atoms with Gasteiger partial charge in [0, 0.05) is 19.2 Å². The van der Waals surface area contributed by atoms with E-state index in [0.29, 0.717) is 17.4 Å². The van der Waals surface area contributed by atoms with E-state index in [4.69, 9.17) is 9.52 Å². The van der Waals surface area contributed by atoms with E-state index in [1.54, 1.807) is 12.1 Å². The summed E-state index contributed by atoms with van der Waals surface area (Å²) in [6.07, 6.45) is 3.70. The number of nitrogens with zero attached hydrogens (tertiary/aromatic N) is 3. The van der Waals surface area contributed by atoms with Crippen LogP contribution in [0.2, 0.25) is 0 Å². The third-order valence-electron chi connectivity index (χ3n) is 3.10. The predicted molar refractivity (Wildman–Crippen MR) is 68.1 cm³/mol. The lowest BCUT2D eigenvalue weighted by atomic mass is 10.2. The lowest BCUT2D eigenvalue weighted by Gasteiger charge is -2.15. The fraction of sp³-hybridized carbons (Fsp3) is 0.308. The first-order valence-corrected chi connectivity index (χ1v) is 6.15. The third kappa shape index (κ3) is 2.29. The topological polar surface area (TPSA) is 79.5 Å². The molecule has 1 N–H and O–H groups in total. The fourth-order valence-electron chi connectivity index (χ4n) is 2.15. The molecule has 2 aromatic heterocycles. The molecule has 1 saturated heterocycles. The largest absolute Gasteiger partial charge is 0.477 e. The molecule has 1 aliphatic rings. The van der Waals surface area contributed by atoms with Gasteiger partial charge < -0.3 is 14.4 Å². The number of carbonyl (C=O) groups is 1. The maximum Gasteiger partial charge on any atom is 0.354 e. The number of anilines is 1. The summed E-state index contributed by atoms with van der Waals surface area (Å²) < 4.78 is 5.27. The van der Waals surface area contributed by atoms with Crippen LogP contribution in [-0.2, 0) is 0 Å². The maximum atomic E-state index is 11.2. The zero-order valence-corrected chi connectivity index (χ0v) is 10.2. The van der Waals surface area contributed by atoms with Crippen LogP contribution in [0, 0.1) is 0 Å². The molecule has 0 saturated carbocycles. The monoisotopic (exact) mass is 259 g/mol. The Morgan fingerprint density at radius 1 is 1.32 bits per heavy atom. The molecule has 19 heavy (non-hydrogen) atoms. The van der Waals surface area contributed by atoms with Gasteiger partial charge in [-0.2, -0.15) is 0 Å². The van der Waals surface area contributed by atoms with E-state index >= 15 is 0 Å². The van der Waals surface area contributed by atoms with E-state index in [9.17, 15) is 4.79 Å². The number of hydrogen-bond acceptors (Lipinski definition) is 5. The molecule has 0 spiro atoms. The van der Waals surface area contributed by atoms with Gasteiger partial charge in [-0.15, -0.1) is 0 Å². The average Bonchev–Trinajstić information content (AvgIpc) is 3.11. The number of hydrogen-bond donors (Lipinski definition) is 1. The Hall–Kier alpha value is -2.37. The van der Waals surface area contributed by atoms with Crippen molar-refractivity contribution in [2.75, 3.05) is 18.0 Å². The van der Waals surface area contributed by atoms with Gasteiger partial charge in [-0.1, -0.05) is 0 Å². The van der Waals surface area contributed by atoms with Crippen LogP contribution in [0.5, 0.6) is 0 Å². The SMILES string of the molecule is O=C(O)c1cc(-c2ccco2)nc(N2CCCC2)n1. The van der Waals surface area contributed by atoms with Crippen LogP contribution in [0.4, 0.5) is 5.95 Å². The van der Waals surface area contributed by atoms with E-state index in [1.807, 2.05) is 4.90 Å². The van der Waals surface area contributed by atoms with Gasteiger partial charge in [-0.05, 0) is 25.0 Å². The van der Waals surface area contributed by atoms with Crippen LogP contribution < -0.4 is 4.90 Å². The van der Waals surface area contributed by atoms with Gasteiger partial charge in [0.15, 0.2) is 11.5 Å². The quantitative estimate of drug-likeness (QED) is 0.908. The standard InChI is InChI=1S/C13H13N3O3/c17-12(18)10-8-9(11-4-3-7-19-11)14-13(15-10)16-5-1-2-6-16/h3-4,7-8H,1-2,5-6H2,(H,17,18). The van der Waals surface area contributed by atoms with Crippen LogP contribution in [0.25, 0.3) is 11.5 Å². The molecule has 1 fully saturated rings. The van der Waals surface area contributed by atoms with Crippen molar-refractivity contribution in [3.63, 3.8) is 0 Å². The summed E-state index contributed by atoms with van der Waals surface area (Å²) >= 11 is 0. The molecule has 6 nitrogen and oxygen atoms in total. The minimum atomic E-state index is -1.06. The third-order valence-corrected chi connectivity index (χ3v) is 3.10. The molecule has 3 heterocycles. The second-order valence-corrected chi connectivity index (χ2v) is 4.42. The van der Waals surface area contributed by atoms with Crippen molar-refractivity contribution < 1.29 is 14.3 Å². The lowest BCUT2D eigenvalue weighted by Crippen LogP contribution is -2.21. The van der Waals surface area contributed by atoms with E-state index < -0.39 is 5.97 Å². The predicted octanol–water partition coefficient (Wildman–Crippen LogP) is 2.04. The van der Waals surface area contributed by atoms with Crippen molar-refractivity contribution in [1.29, 1.82) is 0 Å². The van der Waals surface area contributed by atoms with Crippen LogP contribution in [0.1, 0.15) is 23.3 Å². The maximum absolute atomic E-state index is 11.2. The van der Waals surface area contributed by atoms with Gasteiger partial charge in [-0.3, -0.25) is 0 Å². The number of aromatic carboxylic acids is 1. The summed E-state index contributed by atoms with van der Waals surface area (Å²) in [6, 6.07) is 4.93. The van der Waals surface area contributed by atoms with Crippen molar-refractivity contribution in [3.05, 3.63) is 30.2 Å². The minimum absolute atomic E-state index is 0.0108. The second-order valence-electron chi connectivity index (χ2n) is 4.42. The smallest absolute Gasteiger partial charge is 0.354 e. The molecule has 0 unspecified atom stereocenters. The summed E-state index contributed by atoms with van der Waals surface area (Å²) in [7, 11) is 0. The number of rotatable bonds is 3. The molecule has 0 aliphatic carbocycles. The Labute approximate surface area is 109 Å². The molecule has 2 aromatic rings. The van der Waals surface area contributed by atoms with Crippen molar-refractivity contribution in [3.8, 4) is 11.5 Å². The molecular formula is C13H13N3O3. The van der Waals surface area contributed by atoms with Crippen LogP contribution in [0.15, 0.2) is 28.9 Å². The van der Waals surface area contributed by atoms with E-state index in [-0.39, 0.29) is 5.69 Å². The zero-order chi connectivity index (χ0) is 13.2. The summed E-state index contributed by atoms with van der Waals surface area (Å²) in [4.78, 5) is 21.6. The van der Waals surface area contributed by atoms with Crippen molar-refractivity contribution >= 4 is 11.9 Å². The van der Waals surface area contributed by atoms with Gasteiger partial charge in [0.2, 0.25) is 5.95 Å². The molecule has 0 amide bonds. The Morgan fingerprint density at radius 3 is 2.74 bits per heavy atom. The highest BCUT2D eigenvalue weighted by Gasteiger charge is 2.19. The highest BCUT2D eigenvalue weighted by Crippen LogP contribution is 2.23. The molecule has 0 atom stereocenters. The Morgan fingerprint density at radius 2 is 2.11 bits per heavy atom. The van der Waals surface area contributed by atoms with E-state index in [2.05, 4.69) is 9.97 Å².